The number of nitrogens with two attached hydrogens (primary N) is 1. The predicted molar refractivity (Wildman–Crippen MR) is 129 cm³/mol. The Bertz CT molecular complexity index is 1200. The summed E-state index contributed by atoms with van der Waals surface area (Å²) in [6.45, 7) is 3.65. The fraction of sp³-hybridized carbons (Fsp3) is 0.304. The maximum Gasteiger partial charge on any atom is 0.238 e. The molecule has 1 aromatic heterocycles. The maximum atomic E-state index is 11.6. The van der Waals surface area contributed by atoms with Gasteiger partial charge in [-0.1, -0.05) is 6.07 Å². The van der Waals surface area contributed by atoms with Gasteiger partial charge in [0.2, 0.25) is 16.0 Å². The van der Waals surface area contributed by atoms with E-state index in [2.05, 4.69) is 25.9 Å². The lowest BCUT2D eigenvalue weighted by Crippen LogP contribution is -2.23. The van der Waals surface area contributed by atoms with Crippen LogP contribution in [0.2, 0.25) is 0 Å². The second-order valence-electron chi connectivity index (χ2n) is 8.00. The van der Waals surface area contributed by atoms with Crippen molar-refractivity contribution in [3.63, 3.8) is 0 Å². The van der Waals surface area contributed by atoms with Crippen LogP contribution in [0, 0.1) is 6.92 Å². The van der Waals surface area contributed by atoms with E-state index in [9.17, 15) is 8.42 Å². The highest BCUT2D eigenvalue weighted by molar-refractivity contribution is 7.89. The summed E-state index contributed by atoms with van der Waals surface area (Å²) in [5.74, 6) is 1.78. The monoisotopic (exact) mass is 468 g/mol. The summed E-state index contributed by atoms with van der Waals surface area (Å²) in [7, 11) is -3.79. The molecule has 0 saturated carbocycles. The zero-order valence-electron chi connectivity index (χ0n) is 18.4. The van der Waals surface area contributed by atoms with Gasteiger partial charge in [0.05, 0.1) is 11.5 Å². The SMILES string of the molecule is Cc1cnc(Nc2ccc(OCCC3CCCN3)cc2)nc1Nc1cccc(S(N)(=O)=O)c1. The highest BCUT2D eigenvalue weighted by atomic mass is 32.2. The van der Waals surface area contributed by atoms with Crippen molar-refractivity contribution in [2.45, 2.75) is 37.1 Å². The van der Waals surface area contributed by atoms with E-state index in [1.807, 2.05) is 31.2 Å². The normalized spacial score (nSPS) is 15.9. The number of anilines is 4. The number of nitrogens with zero attached hydrogens (tertiary/aromatic N) is 2. The summed E-state index contributed by atoms with van der Waals surface area (Å²) < 4.78 is 29.1. The first kappa shape index (κ1) is 23.0. The molecule has 10 heteroatoms. The Balaban J connectivity index is 1.38. The number of aryl methyl sites for hydroxylation is 1. The van der Waals surface area contributed by atoms with E-state index in [-0.39, 0.29) is 4.90 Å². The average molecular weight is 469 g/mol. The highest BCUT2D eigenvalue weighted by Gasteiger charge is 2.13. The molecular formula is C23H28N6O3S. The first-order valence-corrected chi connectivity index (χ1v) is 12.4. The maximum absolute atomic E-state index is 11.6. The molecule has 4 rings (SSSR count). The van der Waals surface area contributed by atoms with Crippen molar-refractivity contribution in [3.05, 3.63) is 60.3 Å². The molecule has 174 valence electrons. The number of sulfonamides is 1. The van der Waals surface area contributed by atoms with Crippen molar-refractivity contribution < 1.29 is 13.2 Å². The predicted octanol–water partition coefficient (Wildman–Crippen LogP) is 3.44. The van der Waals surface area contributed by atoms with Crippen molar-refractivity contribution in [2.24, 2.45) is 5.14 Å². The van der Waals surface area contributed by atoms with Crippen molar-refractivity contribution >= 4 is 33.2 Å². The smallest absolute Gasteiger partial charge is 0.238 e. The molecule has 1 atom stereocenters. The molecule has 2 heterocycles. The van der Waals surface area contributed by atoms with E-state index in [0.717, 1.165) is 30.0 Å². The molecule has 0 radical (unpaired) electrons. The van der Waals surface area contributed by atoms with Gasteiger partial charge in [-0.3, -0.25) is 0 Å². The molecule has 9 nitrogen and oxygen atoms in total. The van der Waals surface area contributed by atoms with Crippen LogP contribution in [0.1, 0.15) is 24.8 Å². The summed E-state index contributed by atoms with van der Waals surface area (Å²) in [4.78, 5) is 8.88. The quantitative estimate of drug-likeness (QED) is 0.376. The van der Waals surface area contributed by atoms with Gasteiger partial charge in [-0.05, 0) is 75.2 Å². The molecule has 0 aliphatic carbocycles. The molecule has 2 aromatic carbocycles. The Kier molecular flexibility index (Phi) is 7.07. The Morgan fingerprint density at radius 3 is 2.70 bits per heavy atom. The second-order valence-corrected chi connectivity index (χ2v) is 9.56. The molecule has 33 heavy (non-hydrogen) atoms. The van der Waals surface area contributed by atoms with Crippen LogP contribution in [0.25, 0.3) is 0 Å². The fourth-order valence-corrected chi connectivity index (χ4v) is 4.16. The zero-order valence-corrected chi connectivity index (χ0v) is 19.2. The molecule has 1 fully saturated rings. The Hall–Kier alpha value is -3.21. The Labute approximate surface area is 193 Å². The minimum Gasteiger partial charge on any atom is -0.494 e. The van der Waals surface area contributed by atoms with Crippen molar-refractivity contribution in [3.8, 4) is 5.75 Å². The summed E-state index contributed by atoms with van der Waals surface area (Å²) in [6.07, 6.45) is 5.16. The Morgan fingerprint density at radius 1 is 1.15 bits per heavy atom. The summed E-state index contributed by atoms with van der Waals surface area (Å²) in [6, 6.07) is 14.5. The number of hydrogen-bond acceptors (Lipinski definition) is 8. The van der Waals surface area contributed by atoms with Crippen molar-refractivity contribution in [2.75, 3.05) is 23.8 Å². The number of rotatable bonds is 9. The Morgan fingerprint density at radius 2 is 1.97 bits per heavy atom. The number of aromatic nitrogens is 2. The molecule has 3 aromatic rings. The van der Waals surface area contributed by atoms with E-state index >= 15 is 0 Å². The number of benzene rings is 2. The van der Waals surface area contributed by atoms with Gasteiger partial charge in [-0.15, -0.1) is 0 Å². The van der Waals surface area contributed by atoms with Gasteiger partial charge >= 0.3 is 0 Å². The molecule has 1 saturated heterocycles. The second kappa shape index (κ2) is 10.2. The van der Waals surface area contributed by atoms with E-state index in [1.54, 1.807) is 18.3 Å². The number of hydrogen-bond donors (Lipinski definition) is 4. The molecule has 0 spiro atoms. The van der Waals surface area contributed by atoms with Crippen LogP contribution in [0.3, 0.4) is 0 Å². The number of nitrogens with one attached hydrogen (secondary N) is 3. The van der Waals surface area contributed by atoms with Gasteiger partial charge in [0, 0.05) is 29.2 Å². The van der Waals surface area contributed by atoms with E-state index in [1.165, 1.54) is 25.0 Å². The average Bonchev–Trinajstić information content (AvgIpc) is 3.30. The van der Waals surface area contributed by atoms with Crippen LogP contribution < -0.4 is 25.8 Å². The van der Waals surface area contributed by atoms with Crippen LogP contribution in [-0.2, 0) is 10.0 Å². The van der Waals surface area contributed by atoms with Crippen LogP contribution in [0.4, 0.5) is 23.1 Å². The lowest BCUT2D eigenvalue weighted by Gasteiger charge is -2.13. The molecule has 5 N–H and O–H groups in total. The zero-order chi connectivity index (χ0) is 23.3. The molecular weight excluding hydrogens is 440 g/mol. The molecule has 1 aliphatic rings. The van der Waals surface area contributed by atoms with Gasteiger partial charge < -0.3 is 20.7 Å². The summed E-state index contributed by atoms with van der Waals surface area (Å²) in [5, 5.41) is 15.0. The minimum absolute atomic E-state index is 0.0272. The third-order valence-corrected chi connectivity index (χ3v) is 6.32. The van der Waals surface area contributed by atoms with Crippen LogP contribution in [-0.4, -0.2) is 37.6 Å². The topological polar surface area (TPSA) is 131 Å². The van der Waals surface area contributed by atoms with E-state index in [0.29, 0.717) is 30.1 Å². The molecule has 1 aliphatic heterocycles. The lowest BCUT2D eigenvalue weighted by atomic mass is 10.2. The minimum atomic E-state index is -3.79. The van der Waals surface area contributed by atoms with Crippen LogP contribution in [0.5, 0.6) is 5.75 Å². The third kappa shape index (κ3) is 6.41. The number of primary sulfonamides is 1. The largest absolute Gasteiger partial charge is 0.494 e. The van der Waals surface area contributed by atoms with E-state index < -0.39 is 10.0 Å². The molecule has 0 amide bonds. The first-order chi connectivity index (χ1) is 15.9. The standard InChI is InChI=1S/C23H28N6O3S/c1-16-15-26-23(29-22(16)27-19-4-2-6-21(14-19)33(24,30)31)28-18-7-9-20(10-8-18)32-13-11-17-5-3-12-25-17/h2,4,6-10,14-15,17,25H,3,5,11-13H2,1H3,(H2,24,30,31)(H2,26,27,28,29). The van der Waals surface area contributed by atoms with Gasteiger partial charge in [0.25, 0.3) is 0 Å². The molecule has 0 bridgehead atoms. The number of ether oxygens (including phenoxy) is 1. The highest BCUT2D eigenvalue weighted by Crippen LogP contribution is 2.23. The van der Waals surface area contributed by atoms with Gasteiger partial charge in [0.1, 0.15) is 11.6 Å². The van der Waals surface area contributed by atoms with Gasteiger partial charge in [0.15, 0.2) is 0 Å². The fourth-order valence-electron chi connectivity index (χ4n) is 3.60. The summed E-state index contributed by atoms with van der Waals surface area (Å²) >= 11 is 0. The summed E-state index contributed by atoms with van der Waals surface area (Å²) in [5.41, 5.74) is 2.19. The van der Waals surface area contributed by atoms with Crippen molar-refractivity contribution in [1.82, 2.24) is 15.3 Å². The first-order valence-electron chi connectivity index (χ1n) is 10.8. The van der Waals surface area contributed by atoms with Crippen LogP contribution >= 0.6 is 0 Å². The molecule has 1 unspecified atom stereocenters. The van der Waals surface area contributed by atoms with E-state index in [4.69, 9.17) is 9.88 Å². The third-order valence-electron chi connectivity index (χ3n) is 5.40. The lowest BCUT2D eigenvalue weighted by molar-refractivity contribution is 0.292. The van der Waals surface area contributed by atoms with Crippen LogP contribution in [0.15, 0.2) is 59.6 Å². The van der Waals surface area contributed by atoms with Gasteiger partial charge in [-0.25, -0.2) is 18.5 Å². The van der Waals surface area contributed by atoms with Crippen molar-refractivity contribution in [1.29, 1.82) is 0 Å². The van der Waals surface area contributed by atoms with Gasteiger partial charge in [-0.2, -0.15) is 4.98 Å².